The monoisotopic (exact) mass is 297 g/mol. The Balaban J connectivity index is 1.88. The lowest BCUT2D eigenvalue weighted by atomic mass is 10.2. The van der Waals surface area contributed by atoms with Gasteiger partial charge in [-0.25, -0.2) is 9.59 Å². The highest BCUT2D eigenvalue weighted by Crippen LogP contribution is 2.20. The number of anilines is 1. The molecule has 0 aliphatic carbocycles. The molecular weight excluding hydrogens is 278 g/mol. The van der Waals surface area contributed by atoms with Crippen LogP contribution in [0.2, 0.25) is 0 Å². The third-order valence-electron chi connectivity index (χ3n) is 2.89. The van der Waals surface area contributed by atoms with E-state index in [-0.39, 0.29) is 17.8 Å². The van der Waals surface area contributed by atoms with Gasteiger partial charge in [-0.1, -0.05) is 0 Å². The summed E-state index contributed by atoms with van der Waals surface area (Å²) in [6.45, 7) is 6.52. The lowest BCUT2D eigenvalue weighted by Crippen LogP contribution is -2.40. The van der Waals surface area contributed by atoms with Crippen LogP contribution in [-0.4, -0.2) is 46.9 Å². The van der Waals surface area contributed by atoms with Gasteiger partial charge in [-0.3, -0.25) is 0 Å². The second-order valence-electron chi connectivity index (χ2n) is 5.90. The predicted octanol–water partition coefficient (Wildman–Crippen LogP) is 1.48. The number of carboxylic acid groups (broad SMARTS) is 1. The van der Waals surface area contributed by atoms with Gasteiger partial charge in [-0.15, -0.1) is 0 Å². The molecule has 0 saturated carbocycles. The molecule has 21 heavy (non-hydrogen) atoms. The smallest absolute Gasteiger partial charge is 0.407 e. The van der Waals surface area contributed by atoms with Crippen molar-refractivity contribution in [3.63, 3.8) is 0 Å². The van der Waals surface area contributed by atoms with Crippen molar-refractivity contribution in [1.82, 2.24) is 10.3 Å². The Morgan fingerprint density at radius 3 is 2.81 bits per heavy atom. The first-order valence-electron chi connectivity index (χ1n) is 6.68. The summed E-state index contributed by atoms with van der Waals surface area (Å²) in [4.78, 5) is 28.1. The molecule has 1 aliphatic heterocycles. The SMILES string of the molecule is CC(C)(C)OC(=O)NC1CCN(c2nc(C(=O)O)co2)C1. The van der Waals surface area contributed by atoms with E-state index in [2.05, 4.69) is 10.3 Å². The van der Waals surface area contributed by atoms with Crippen LogP contribution in [0.4, 0.5) is 10.8 Å². The summed E-state index contributed by atoms with van der Waals surface area (Å²) in [6.07, 6.45) is 1.35. The summed E-state index contributed by atoms with van der Waals surface area (Å²) in [5, 5.41) is 11.6. The van der Waals surface area contributed by atoms with Crippen LogP contribution in [0.5, 0.6) is 0 Å². The summed E-state index contributed by atoms with van der Waals surface area (Å²) in [5.74, 6) is -1.13. The standard InChI is InChI=1S/C13H19N3O5/c1-13(2,3)21-12(19)14-8-4-5-16(6-8)11-15-9(7-20-11)10(17)18/h7-8H,4-6H2,1-3H3,(H,14,19)(H,17,18). The molecule has 1 aromatic rings. The van der Waals surface area contributed by atoms with Crippen molar-refractivity contribution < 1.29 is 23.8 Å². The molecule has 1 saturated heterocycles. The number of rotatable bonds is 3. The second kappa shape index (κ2) is 5.63. The number of hydrogen-bond donors (Lipinski definition) is 2. The quantitative estimate of drug-likeness (QED) is 0.870. The molecule has 116 valence electrons. The number of aromatic carboxylic acids is 1. The summed E-state index contributed by atoms with van der Waals surface area (Å²) >= 11 is 0. The van der Waals surface area contributed by atoms with Crippen LogP contribution in [0.3, 0.4) is 0 Å². The van der Waals surface area contributed by atoms with Crippen LogP contribution >= 0.6 is 0 Å². The van der Waals surface area contributed by atoms with Crippen LogP contribution in [0, 0.1) is 0 Å². The molecule has 8 heteroatoms. The molecule has 0 spiro atoms. The minimum Gasteiger partial charge on any atom is -0.476 e. The average molecular weight is 297 g/mol. The zero-order valence-corrected chi connectivity index (χ0v) is 12.3. The number of hydrogen-bond acceptors (Lipinski definition) is 6. The number of alkyl carbamates (subject to hydrolysis) is 1. The number of carbonyl (C=O) groups is 2. The highest BCUT2D eigenvalue weighted by Gasteiger charge is 2.28. The summed E-state index contributed by atoms with van der Waals surface area (Å²) in [5.41, 5.74) is -0.671. The lowest BCUT2D eigenvalue weighted by Gasteiger charge is -2.21. The molecular formula is C13H19N3O5. The second-order valence-corrected chi connectivity index (χ2v) is 5.90. The molecule has 0 aromatic carbocycles. The Morgan fingerprint density at radius 2 is 2.24 bits per heavy atom. The highest BCUT2D eigenvalue weighted by atomic mass is 16.6. The van der Waals surface area contributed by atoms with Crippen LogP contribution < -0.4 is 10.2 Å². The third kappa shape index (κ3) is 4.11. The molecule has 0 bridgehead atoms. The maximum absolute atomic E-state index is 11.7. The summed E-state index contributed by atoms with van der Waals surface area (Å²) < 4.78 is 10.3. The number of nitrogens with one attached hydrogen (secondary N) is 1. The van der Waals surface area contributed by atoms with Crippen molar-refractivity contribution in [3.8, 4) is 0 Å². The van der Waals surface area contributed by atoms with Crippen LogP contribution in [0.15, 0.2) is 10.7 Å². The van der Waals surface area contributed by atoms with Crippen LogP contribution in [0.25, 0.3) is 0 Å². The molecule has 2 heterocycles. The topological polar surface area (TPSA) is 105 Å². The Bertz CT molecular complexity index is 534. The van der Waals surface area contributed by atoms with Crippen LogP contribution in [0.1, 0.15) is 37.7 Å². The van der Waals surface area contributed by atoms with E-state index in [9.17, 15) is 9.59 Å². The largest absolute Gasteiger partial charge is 0.476 e. The van der Waals surface area contributed by atoms with Gasteiger partial charge in [0.05, 0.1) is 6.04 Å². The van der Waals surface area contributed by atoms with Gasteiger partial charge in [0.1, 0.15) is 11.9 Å². The fourth-order valence-corrected chi connectivity index (χ4v) is 2.03. The Kier molecular flexibility index (Phi) is 4.06. The van der Waals surface area contributed by atoms with Gasteiger partial charge < -0.3 is 24.5 Å². The Morgan fingerprint density at radius 1 is 1.52 bits per heavy atom. The lowest BCUT2D eigenvalue weighted by molar-refractivity contribution is 0.0508. The number of carbonyl (C=O) groups excluding carboxylic acids is 1. The Hall–Kier alpha value is -2.25. The van der Waals surface area contributed by atoms with Gasteiger partial charge in [0.25, 0.3) is 6.01 Å². The zero-order chi connectivity index (χ0) is 15.6. The van der Waals surface area contributed by atoms with Crippen molar-refractivity contribution >= 4 is 18.1 Å². The molecule has 1 amide bonds. The van der Waals surface area contributed by atoms with E-state index >= 15 is 0 Å². The average Bonchev–Trinajstić information content (AvgIpc) is 2.93. The fraction of sp³-hybridized carbons (Fsp3) is 0.615. The van der Waals surface area contributed by atoms with E-state index in [4.69, 9.17) is 14.3 Å². The molecule has 1 aliphatic rings. The zero-order valence-electron chi connectivity index (χ0n) is 12.3. The van der Waals surface area contributed by atoms with E-state index in [1.165, 1.54) is 0 Å². The minimum atomic E-state index is -1.13. The van der Waals surface area contributed by atoms with Gasteiger partial charge in [0.15, 0.2) is 5.69 Å². The first kappa shape index (κ1) is 15.1. The van der Waals surface area contributed by atoms with Crippen molar-refractivity contribution in [3.05, 3.63) is 12.0 Å². The first-order valence-corrected chi connectivity index (χ1v) is 6.68. The molecule has 0 radical (unpaired) electrons. The fourth-order valence-electron chi connectivity index (χ4n) is 2.03. The number of oxazole rings is 1. The van der Waals surface area contributed by atoms with Gasteiger partial charge in [0.2, 0.25) is 0 Å². The van der Waals surface area contributed by atoms with Crippen molar-refractivity contribution in [2.45, 2.75) is 38.8 Å². The number of ether oxygens (including phenoxy) is 1. The summed E-state index contributed by atoms with van der Waals surface area (Å²) in [7, 11) is 0. The van der Waals surface area contributed by atoms with Gasteiger partial charge in [0, 0.05) is 13.1 Å². The maximum Gasteiger partial charge on any atom is 0.407 e. The molecule has 1 fully saturated rings. The van der Waals surface area contributed by atoms with Crippen LogP contribution in [-0.2, 0) is 4.74 Å². The molecule has 1 unspecified atom stereocenters. The minimum absolute atomic E-state index is 0.0833. The Labute approximate surface area is 122 Å². The van der Waals surface area contributed by atoms with E-state index in [0.29, 0.717) is 19.5 Å². The molecule has 1 aromatic heterocycles. The van der Waals surface area contributed by atoms with Gasteiger partial charge >= 0.3 is 12.1 Å². The first-order chi connectivity index (χ1) is 9.74. The van der Waals surface area contributed by atoms with Gasteiger partial charge in [-0.05, 0) is 27.2 Å². The summed E-state index contributed by atoms with van der Waals surface area (Å²) in [6, 6.07) is 0.168. The molecule has 2 N–H and O–H groups in total. The number of carboxylic acids is 1. The molecule has 2 rings (SSSR count). The predicted molar refractivity (Wildman–Crippen MR) is 73.5 cm³/mol. The van der Waals surface area contributed by atoms with E-state index in [1.807, 2.05) is 0 Å². The normalized spacial score (nSPS) is 18.6. The van der Waals surface area contributed by atoms with E-state index in [0.717, 1.165) is 6.26 Å². The van der Waals surface area contributed by atoms with Gasteiger partial charge in [-0.2, -0.15) is 4.98 Å². The number of amides is 1. The molecule has 8 nitrogen and oxygen atoms in total. The third-order valence-corrected chi connectivity index (χ3v) is 2.89. The molecule has 1 atom stereocenters. The van der Waals surface area contributed by atoms with E-state index in [1.54, 1.807) is 25.7 Å². The van der Waals surface area contributed by atoms with Crippen molar-refractivity contribution in [2.24, 2.45) is 0 Å². The van der Waals surface area contributed by atoms with Crippen molar-refractivity contribution in [2.75, 3.05) is 18.0 Å². The maximum atomic E-state index is 11.7. The number of nitrogens with zero attached hydrogens (tertiary/aromatic N) is 2. The van der Waals surface area contributed by atoms with E-state index < -0.39 is 17.7 Å². The van der Waals surface area contributed by atoms with Crippen molar-refractivity contribution in [1.29, 1.82) is 0 Å². The number of aromatic nitrogens is 1. The highest BCUT2D eigenvalue weighted by molar-refractivity contribution is 5.85.